The van der Waals surface area contributed by atoms with Crippen molar-refractivity contribution in [2.24, 2.45) is 0 Å². The number of carbonyl (C=O) groups excluding carboxylic acids is 2. The van der Waals surface area contributed by atoms with E-state index in [1.54, 1.807) is 0 Å². The molecule has 3 aromatic rings. The topological polar surface area (TPSA) is 61.9 Å². The summed E-state index contributed by atoms with van der Waals surface area (Å²) in [6.07, 6.45) is 0. The molecule has 1 amide bonds. The quantitative estimate of drug-likeness (QED) is 0.486. The first-order chi connectivity index (χ1) is 17.0. The van der Waals surface area contributed by atoms with E-state index in [0.717, 1.165) is 48.7 Å². The predicted octanol–water partition coefficient (Wildman–Crippen LogP) is 5.10. The molecule has 35 heavy (non-hydrogen) atoms. The van der Waals surface area contributed by atoms with Crippen LogP contribution in [-0.4, -0.2) is 50.1 Å². The van der Waals surface area contributed by atoms with Crippen molar-refractivity contribution in [2.45, 2.75) is 25.8 Å². The highest BCUT2D eigenvalue weighted by Gasteiger charge is 2.31. The molecule has 1 saturated heterocycles. The fourth-order valence-corrected chi connectivity index (χ4v) is 4.48. The second kappa shape index (κ2) is 11.2. The van der Waals surface area contributed by atoms with Crippen LogP contribution in [0.15, 0.2) is 78.9 Å². The van der Waals surface area contributed by atoms with Crippen LogP contribution in [-0.2, 0) is 9.53 Å². The lowest BCUT2D eigenvalue weighted by molar-refractivity contribution is -0.147. The first-order valence-electron chi connectivity index (χ1n) is 12.1. The van der Waals surface area contributed by atoms with Crippen molar-refractivity contribution in [3.63, 3.8) is 0 Å². The number of nitrogens with one attached hydrogen (secondary N) is 1. The highest BCUT2D eigenvalue weighted by Crippen LogP contribution is 2.26. The Labute approximate surface area is 207 Å². The zero-order valence-corrected chi connectivity index (χ0v) is 20.6. The largest absolute Gasteiger partial charge is 0.468 e. The number of anilines is 2. The van der Waals surface area contributed by atoms with Crippen molar-refractivity contribution in [3.8, 4) is 0 Å². The molecule has 0 radical (unpaired) electrons. The number of esters is 1. The third-order valence-electron chi connectivity index (χ3n) is 6.52. The van der Waals surface area contributed by atoms with Crippen LogP contribution in [0.2, 0.25) is 0 Å². The third-order valence-corrected chi connectivity index (χ3v) is 6.52. The van der Waals surface area contributed by atoms with Crippen molar-refractivity contribution in [1.82, 2.24) is 4.90 Å². The van der Waals surface area contributed by atoms with Gasteiger partial charge in [-0.3, -0.25) is 9.69 Å². The van der Waals surface area contributed by atoms with Gasteiger partial charge in [-0.2, -0.15) is 0 Å². The van der Waals surface area contributed by atoms with Crippen molar-refractivity contribution in [1.29, 1.82) is 0 Å². The van der Waals surface area contributed by atoms with E-state index in [4.69, 9.17) is 4.74 Å². The van der Waals surface area contributed by atoms with Gasteiger partial charge in [-0.25, -0.2) is 4.79 Å². The monoisotopic (exact) mass is 471 g/mol. The Kier molecular flexibility index (Phi) is 7.83. The van der Waals surface area contributed by atoms with Gasteiger partial charge in [0, 0.05) is 43.1 Å². The fourth-order valence-electron chi connectivity index (χ4n) is 4.48. The molecule has 6 heteroatoms. The van der Waals surface area contributed by atoms with Crippen LogP contribution >= 0.6 is 0 Å². The molecule has 0 spiro atoms. The highest BCUT2D eigenvalue weighted by molar-refractivity contribution is 6.04. The number of hydrogen-bond acceptors (Lipinski definition) is 5. The summed E-state index contributed by atoms with van der Waals surface area (Å²) < 4.78 is 5.10. The zero-order chi connectivity index (χ0) is 24.8. The number of carbonyl (C=O) groups is 2. The number of amides is 1. The molecular weight excluding hydrogens is 438 g/mol. The lowest BCUT2D eigenvalue weighted by Gasteiger charge is -2.39. The predicted molar refractivity (Wildman–Crippen MR) is 140 cm³/mol. The van der Waals surface area contributed by atoms with Crippen LogP contribution in [0, 0.1) is 0 Å². The molecule has 1 unspecified atom stereocenters. The van der Waals surface area contributed by atoms with Crippen LogP contribution in [0.5, 0.6) is 0 Å². The van der Waals surface area contributed by atoms with Crippen molar-refractivity contribution in [2.75, 3.05) is 43.5 Å². The Morgan fingerprint density at radius 1 is 0.829 bits per heavy atom. The molecule has 1 atom stereocenters. The third kappa shape index (κ3) is 5.89. The van der Waals surface area contributed by atoms with Gasteiger partial charge in [-0.15, -0.1) is 0 Å². The minimum absolute atomic E-state index is 0.108. The van der Waals surface area contributed by atoms with Crippen molar-refractivity contribution in [3.05, 3.63) is 95.6 Å². The summed E-state index contributed by atoms with van der Waals surface area (Å²) in [5.41, 5.74) is 4.62. The summed E-state index contributed by atoms with van der Waals surface area (Å²) >= 11 is 0. The highest BCUT2D eigenvalue weighted by atomic mass is 16.5. The lowest BCUT2D eigenvalue weighted by Crippen LogP contribution is -2.49. The van der Waals surface area contributed by atoms with Gasteiger partial charge in [0.25, 0.3) is 5.91 Å². The van der Waals surface area contributed by atoms with Crippen LogP contribution in [0.1, 0.15) is 47.3 Å². The summed E-state index contributed by atoms with van der Waals surface area (Å²) in [6.45, 7) is 7.33. The Morgan fingerprint density at radius 3 is 2.11 bits per heavy atom. The molecule has 6 nitrogen and oxygen atoms in total. The fraction of sp³-hybridized carbons (Fsp3) is 0.310. The standard InChI is InChI=1S/C29H33N3O3/c1-21(2)23-10-7-11-24(20-23)28(33)30-25-12-14-26(15-13-25)31-16-18-32(19-17-31)27(29(34)35-3)22-8-5-4-6-9-22/h4-15,20-21,27H,16-19H2,1-3H3,(H,30,33). The lowest BCUT2D eigenvalue weighted by atomic mass is 10.0. The summed E-state index contributed by atoms with van der Waals surface area (Å²) in [4.78, 5) is 29.7. The van der Waals surface area contributed by atoms with Crippen LogP contribution < -0.4 is 10.2 Å². The van der Waals surface area contributed by atoms with E-state index in [1.807, 2.05) is 78.9 Å². The summed E-state index contributed by atoms with van der Waals surface area (Å²) in [5.74, 6) is 0.0328. The Balaban J connectivity index is 1.37. The van der Waals surface area contributed by atoms with Gasteiger partial charge in [-0.05, 0) is 53.4 Å². The molecule has 0 aromatic heterocycles. The number of methoxy groups -OCH3 is 1. The minimum Gasteiger partial charge on any atom is -0.468 e. The van der Waals surface area contributed by atoms with Gasteiger partial charge in [0.15, 0.2) is 0 Å². The number of benzene rings is 3. The molecule has 0 bridgehead atoms. The number of hydrogen-bond donors (Lipinski definition) is 1. The second-order valence-electron chi connectivity index (χ2n) is 9.14. The number of piperazine rings is 1. The normalized spacial score (nSPS) is 15.0. The molecule has 1 aliphatic rings. The van der Waals surface area contributed by atoms with E-state index in [9.17, 15) is 9.59 Å². The molecule has 1 aliphatic heterocycles. The summed E-state index contributed by atoms with van der Waals surface area (Å²) in [5, 5.41) is 3.00. The van der Waals surface area contributed by atoms with Gasteiger partial charge in [0.1, 0.15) is 6.04 Å². The SMILES string of the molecule is COC(=O)C(c1ccccc1)N1CCN(c2ccc(NC(=O)c3cccc(C(C)C)c3)cc2)CC1. The summed E-state index contributed by atoms with van der Waals surface area (Å²) in [7, 11) is 1.44. The molecule has 3 aromatic carbocycles. The van der Waals surface area contributed by atoms with E-state index >= 15 is 0 Å². The Morgan fingerprint density at radius 2 is 1.49 bits per heavy atom. The minimum atomic E-state index is -0.393. The number of ether oxygens (including phenoxy) is 1. The van der Waals surface area contributed by atoms with Crippen molar-refractivity contribution < 1.29 is 14.3 Å². The molecule has 182 valence electrons. The molecule has 1 N–H and O–H groups in total. The van der Waals surface area contributed by atoms with E-state index in [1.165, 1.54) is 7.11 Å². The maximum Gasteiger partial charge on any atom is 0.327 e. The van der Waals surface area contributed by atoms with Gasteiger partial charge in [0.2, 0.25) is 0 Å². The molecule has 1 heterocycles. The van der Waals surface area contributed by atoms with Gasteiger partial charge >= 0.3 is 5.97 Å². The molecule has 0 aliphatic carbocycles. The Hall–Kier alpha value is -3.64. The van der Waals surface area contributed by atoms with Gasteiger partial charge < -0.3 is 15.0 Å². The van der Waals surface area contributed by atoms with E-state index in [2.05, 4.69) is 29.0 Å². The first kappa shape index (κ1) is 24.5. The number of nitrogens with zero attached hydrogens (tertiary/aromatic N) is 2. The van der Waals surface area contributed by atoms with E-state index in [-0.39, 0.29) is 11.9 Å². The molecule has 0 saturated carbocycles. The van der Waals surface area contributed by atoms with Crippen LogP contribution in [0.3, 0.4) is 0 Å². The maximum absolute atomic E-state index is 12.7. The summed E-state index contributed by atoms with van der Waals surface area (Å²) in [6, 6.07) is 25.1. The van der Waals surface area contributed by atoms with Gasteiger partial charge in [-0.1, -0.05) is 56.3 Å². The molecule has 4 rings (SSSR count). The smallest absolute Gasteiger partial charge is 0.327 e. The van der Waals surface area contributed by atoms with Crippen LogP contribution in [0.25, 0.3) is 0 Å². The first-order valence-corrected chi connectivity index (χ1v) is 12.1. The van der Waals surface area contributed by atoms with E-state index in [0.29, 0.717) is 11.5 Å². The van der Waals surface area contributed by atoms with Crippen LogP contribution in [0.4, 0.5) is 11.4 Å². The Bertz CT molecular complexity index is 1140. The van der Waals surface area contributed by atoms with E-state index < -0.39 is 6.04 Å². The maximum atomic E-state index is 12.7. The van der Waals surface area contributed by atoms with Gasteiger partial charge in [0.05, 0.1) is 7.11 Å². The molecule has 1 fully saturated rings. The number of rotatable bonds is 7. The average molecular weight is 472 g/mol. The second-order valence-corrected chi connectivity index (χ2v) is 9.14. The average Bonchev–Trinajstić information content (AvgIpc) is 2.90. The van der Waals surface area contributed by atoms with Crippen molar-refractivity contribution >= 4 is 23.3 Å². The molecular formula is C29H33N3O3. The zero-order valence-electron chi connectivity index (χ0n) is 20.6.